The molecule has 58 heavy (non-hydrogen) atoms. The van der Waals surface area contributed by atoms with E-state index in [0.717, 1.165) is 59.1 Å². The van der Waals surface area contributed by atoms with E-state index in [2.05, 4.69) is 74.7 Å². The summed E-state index contributed by atoms with van der Waals surface area (Å²) in [4.78, 5) is 28.5. The van der Waals surface area contributed by atoms with Gasteiger partial charge in [0.05, 0.1) is 23.0 Å². The Hall–Kier alpha value is -5.54. The Morgan fingerprint density at radius 1 is 0.983 bits per heavy atom. The molecular weight excluding hydrogens is 817 g/mol. The number of nitrogens with two attached hydrogens (primary N) is 1. The normalized spacial score (nSPS) is 13.2. The fourth-order valence-corrected chi connectivity index (χ4v) is 6.81. The van der Waals surface area contributed by atoms with Crippen molar-refractivity contribution < 1.29 is 58.0 Å². The fraction of sp³-hybridized carbons (Fsp3) is 0.324. The maximum atomic E-state index is 12.0. The number of carbonyl (C=O) groups is 2. The molecule has 0 spiro atoms. The molecule has 0 aliphatic carbocycles. The minimum absolute atomic E-state index is 0.0455. The van der Waals surface area contributed by atoms with Gasteiger partial charge in [0, 0.05) is 31.0 Å². The first-order valence-corrected chi connectivity index (χ1v) is 19.9. The van der Waals surface area contributed by atoms with Crippen LogP contribution < -0.4 is 20.5 Å². The van der Waals surface area contributed by atoms with Crippen LogP contribution in [0.5, 0.6) is 5.75 Å². The molecule has 6 rings (SSSR count). The first kappa shape index (κ1) is 43.6. The van der Waals surface area contributed by atoms with E-state index in [-0.39, 0.29) is 6.03 Å². The smallest absolute Gasteiger partial charge is 0.491 e. The van der Waals surface area contributed by atoms with E-state index in [1.54, 1.807) is 16.2 Å². The van der Waals surface area contributed by atoms with Gasteiger partial charge >= 0.3 is 33.8 Å². The number of aryl methyl sites for hydroxylation is 4. The Morgan fingerprint density at radius 2 is 1.69 bits per heavy atom. The molecular formula is C37H38F6N7O6S2+. The number of halogens is 6. The van der Waals surface area contributed by atoms with Crippen LogP contribution in [0.4, 0.5) is 31.1 Å². The Balaban J connectivity index is 0.000000392. The quantitative estimate of drug-likeness (QED) is 0.0635. The molecule has 0 radical (unpaired) electrons. The third-order valence-corrected chi connectivity index (χ3v) is 10.4. The maximum Gasteiger partial charge on any atom is 0.534 e. The minimum Gasteiger partial charge on any atom is -0.491 e. The number of urea groups is 1. The van der Waals surface area contributed by atoms with Gasteiger partial charge in [-0.05, 0) is 54.6 Å². The SMILES string of the molecule is C[n+]1nn(-c2ccc(-c3nc(CCc4ccc(-c5ccccc5)cc4)cs3)c(OCCN3CCNC3=O)c2)cc1CCCN.O=C(OS(=O)(=O)C(F)(F)F)C(F)(F)F. The van der Waals surface area contributed by atoms with Crippen molar-refractivity contribution in [1.29, 1.82) is 0 Å². The summed E-state index contributed by atoms with van der Waals surface area (Å²) < 4.78 is 99.9. The zero-order chi connectivity index (χ0) is 42.1. The number of thiazole rings is 1. The van der Waals surface area contributed by atoms with Crippen LogP contribution in [0.2, 0.25) is 0 Å². The van der Waals surface area contributed by atoms with Gasteiger partial charge in [-0.2, -0.15) is 34.8 Å². The average Bonchev–Trinajstić information content (AvgIpc) is 3.93. The van der Waals surface area contributed by atoms with E-state index in [1.807, 2.05) is 40.8 Å². The molecule has 2 aromatic heterocycles. The van der Waals surface area contributed by atoms with Crippen molar-refractivity contribution in [2.24, 2.45) is 12.8 Å². The van der Waals surface area contributed by atoms with Crippen molar-refractivity contribution in [3.63, 3.8) is 0 Å². The maximum absolute atomic E-state index is 12.0. The van der Waals surface area contributed by atoms with Crippen molar-refractivity contribution in [3.8, 4) is 33.1 Å². The second kappa shape index (κ2) is 18.8. The van der Waals surface area contributed by atoms with Gasteiger partial charge in [0.25, 0.3) is 0 Å². The van der Waals surface area contributed by atoms with Gasteiger partial charge in [-0.15, -0.1) is 20.7 Å². The van der Waals surface area contributed by atoms with Crippen molar-refractivity contribution in [2.75, 3.05) is 32.8 Å². The summed E-state index contributed by atoms with van der Waals surface area (Å²) in [6.07, 6.45) is -0.223. The zero-order valence-electron chi connectivity index (χ0n) is 30.8. The number of aromatic nitrogens is 4. The number of alkyl halides is 6. The molecule has 1 fully saturated rings. The highest BCUT2D eigenvalue weighted by atomic mass is 32.2. The standard InChI is InChI=1S/C34H37N7O2S.C3F6O4S/c1-39-30(8-5-17-35)23-41(38-39)29-15-16-31(32(22-29)43-21-20-40-19-18-36-34(40)42)33-37-28(24-44-33)14-11-25-9-12-27(13-10-25)26-6-3-2-4-7-26;4-2(5,6)1(10)13-14(11,12)3(7,8)9/h2-4,6-7,9-10,12-13,15-16,22-24H,5,8,11,14,17-21,35H2,1H3;/p+1. The first-order chi connectivity index (χ1) is 27.4. The van der Waals surface area contributed by atoms with E-state index < -0.39 is 27.8 Å². The number of benzene rings is 3. The van der Waals surface area contributed by atoms with Crippen LogP contribution in [0.1, 0.15) is 23.4 Å². The van der Waals surface area contributed by atoms with Crippen molar-refractivity contribution in [2.45, 2.75) is 37.4 Å². The predicted octanol–water partition coefficient (Wildman–Crippen LogP) is 5.51. The van der Waals surface area contributed by atoms with E-state index >= 15 is 0 Å². The van der Waals surface area contributed by atoms with Gasteiger partial charge in [-0.3, -0.25) is 0 Å². The number of ether oxygens (including phenoxy) is 1. The van der Waals surface area contributed by atoms with Crippen molar-refractivity contribution in [3.05, 3.63) is 101 Å². The van der Waals surface area contributed by atoms with Gasteiger partial charge in [0.2, 0.25) is 0 Å². The Labute approximate surface area is 333 Å². The molecule has 1 aliphatic heterocycles. The lowest BCUT2D eigenvalue weighted by molar-refractivity contribution is -0.738. The molecule has 3 heterocycles. The molecule has 310 valence electrons. The summed E-state index contributed by atoms with van der Waals surface area (Å²) in [5.74, 6) is -2.73. The number of amides is 2. The Morgan fingerprint density at radius 3 is 2.33 bits per heavy atom. The molecule has 13 nitrogen and oxygen atoms in total. The van der Waals surface area contributed by atoms with Gasteiger partial charge in [-0.1, -0.05) is 54.6 Å². The number of carbonyl (C=O) groups excluding carboxylic acids is 2. The number of nitrogens with one attached hydrogen (secondary N) is 1. The molecule has 0 unspecified atom stereocenters. The minimum atomic E-state index is -6.55. The topological polar surface area (TPSA) is 163 Å². The van der Waals surface area contributed by atoms with E-state index in [4.69, 9.17) is 15.5 Å². The average molecular weight is 855 g/mol. The third kappa shape index (κ3) is 11.5. The molecule has 0 saturated carbocycles. The largest absolute Gasteiger partial charge is 0.534 e. The van der Waals surface area contributed by atoms with E-state index in [1.165, 1.54) is 16.7 Å². The van der Waals surface area contributed by atoms with Crippen LogP contribution in [0.15, 0.2) is 84.4 Å². The van der Waals surface area contributed by atoms with Gasteiger partial charge < -0.3 is 24.9 Å². The van der Waals surface area contributed by atoms with Crippen LogP contribution in [-0.4, -0.2) is 84.7 Å². The summed E-state index contributed by atoms with van der Waals surface area (Å²) in [6.45, 7) is 2.90. The summed E-state index contributed by atoms with van der Waals surface area (Å²) in [5, 5.41) is 10.6. The van der Waals surface area contributed by atoms with Crippen LogP contribution in [-0.2, 0) is 45.4 Å². The van der Waals surface area contributed by atoms with Crippen LogP contribution in [0.3, 0.4) is 0 Å². The molecule has 0 bridgehead atoms. The van der Waals surface area contributed by atoms with Crippen molar-refractivity contribution in [1.82, 2.24) is 25.1 Å². The van der Waals surface area contributed by atoms with Crippen molar-refractivity contribution >= 4 is 33.5 Å². The van der Waals surface area contributed by atoms with E-state index in [0.29, 0.717) is 32.8 Å². The lowest BCUT2D eigenvalue weighted by Gasteiger charge is -2.16. The molecule has 3 N–H and O–H groups in total. The summed E-state index contributed by atoms with van der Waals surface area (Å²) in [6, 6.07) is 25.3. The van der Waals surface area contributed by atoms with Crippen LogP contribution >= 0.6 is 11.3 Å². The van der Waals surface area contributed by atoms with Gasteiger partial charge in [0.1, 0.15) is 24.4 Å². The van der Waals surface area contributed by atoms with Gasteiger partial charge in [0.15, 0.2) is 17.6 Å². The molecule has 1 saturated heterocycles. The third-order valence-electron chi connectivity index (χ3n) is 8.56. The first-order valence-electron chi connectivity index (χ1n) is 17.6. The zero-order valence-corrected chi connectivity index (χ0v) is 32.4. The molecule has 1 aliphatic rings. The van der Waals surface area contributed by atoms with Crippen LogP contribution in [0.25, 0.3) is 27.4 Å². The monoisotopic (exact) mass is 854 g/mol. The summed E-state index contributed by atoms with van der Waals surface area (Å²) in [5.41, 5.74) is 7.39. The van der Waals surface area contributed by atoms with Gasteiger partial charge in [-0.25, -0.2) is 14.6 Å². The van der Waals surface area contributed by atoms with Crippen LogP contribution in [0, 0.1) is 0 Å². The second-order valence-electron chi connectivity index (χ2n) is 12.7. The molecule has 2 amide bonds. The molecule has 5 aromatic rings. The molecule has 3 aromatic carbocycles. The summed E-state index contributed by atoms with van der Waals surface area (Å²) in [7, 11) is -4.60. The fourth-order valence-electron chi connectivity index (χ4n) is 5.53. The summed E-state index contributed by atoms with van der Waals surface area (Å²) >= 11 is 1.62. The number of rotatable bonds is 14. The highest BCUT2D eigenvalue weighted by Gasteiger charge is 2.54. The highest BCUT2D eigenvalue weighted by Crippen LogP contribution is 2.35. The predicted molar refractivity (Wildman–Crippen MR) is 200 cm³/mol. The second-order valence-corrected chi connectivity index (χ2v) is 15.1. The Bertz CT molecular complexity index is 2280. The molecule has 21 heteroatoms. The van der Waals surface area contributed by atoms with E-state index in [9.17, 15) is 44.3 Å². The number of hydrogen-bond donors (Lipinski definition) is 2. The molecule has 0 atom stereocenters. The highest BCUT2D eigenvalue weighted by molar-refractivity contribution is 7.88. The Kier molecular flexibility index (Phi) is 14.1. The lowest BCUT2D eigenvalue weighted by Crippen LogP contribution is -2.35. The number of hydrogen-bond acceptors (Lipinski definition) is 10. The number of nitrogens with zero attached hydrogens (tertiary/aromatic N) is 5. The lowest BCUT2D eigenvalue weighted by atomic mass is 10.0.